The third kappa shape index (κ3) is 4.12. The number of aryl methyl sites for hydroxylation is 1. The van der Waals surface area contributed by atoms with E-state index in [4.69, 9.17) is 21.1 Å². The molecule has 1 heterocycles. The molecular formula is C24H23ClO2. The fraction of sp³-hybridized carbons (Fsp3) is 0.250. The summed E-state index contributed by atoms with van der Waals surface area (Å²) in [5.41, 5.74) is 5.81. The monoisotopic (exact) mass is 378 g/mol. The van der Waals surface area contributed by atoms with E-state index < -0.39 is 0 Å². The molecule has 0 aliphatic carbocycles. The minimum absolute atomic E-state index is 0.520. The Balaban J connectivity index is 1.51. The maximum Gasteiger partial charge on any atom is 0.126 e. The van der Waals surface area contributed by atoms with Gasteiger partial charge >= 0.3 is 0 Å². The summed E-state index contributed by atoms with van der Waals surface area (Å²) >= 11 is 6.28. The van der Waals surface area contributed by atoms with Gasteiger partial charge in [0.25, 0.3) is 0 Å². The number of hydrogen-bond acceptors (Lipinski definition) is 2. The first-order valence-corrected chi connectivity index (χ1v) is 9.81. The molecule has 27 heavy (non-hydrogen) atoms. The van der Waals surface area contributed by atoms with Crippen LogP contribution in [0.2, 0.25) is 5.02 Å². The molecule has 3 aromatic carbocycles. The highest BCUT2D eigenvalue weighted by molar-refractivity contribution is 6.31. The average molecular weight is 379 g/mol. The predicted molar refractivity (Wildman–Crippen MR) is 111 cm³/mol. The van der Waals surface area contributed by atoms with Crippen LogP contribution in [0.3, 0.4) is 0 Å². The minimum atomic E-state index is 0.520. The molecule has 0 radical (unpaired) electrons. The van der Waals surface area contributed by atoms with Gasteiger partial charge in [-0.05, 0) is 72.2 Å². The van der Waals surface area contributed by atoms with Crippen molar-refractivity contribution in [2.75, 3.05) is 6.61 Å². The molecule has 138 valence electrons. The first-order chi connectivity index (χ1) is 13.2. The first kappa shape index (κ1) is 17.9. The van der Waals surface area contributed by atoms with Gasteiger partial charge in [-0.15, -0.1) is 0 Å². The van der Waals surface area contributed by atoms with Crippen molar-refractivity contribution in [2.45, 2.75) is 32.8 Å². The molecule has 1 aliphatic rings. The summed E-state index contributed by atoms with van der Waals surface area (Å²) in [6, 6.07) is 20.6. The van der Waals surface area contributed by atoms with Crippen molar-refractivity contribution < 1.29 is 9.47 Å². The van der Waals surface area contributed by atoms with Crippen molar-refractivity contribution in [3.05, 3.63) is 82.4 Å². The van der Waals surface area contributed by atoms with E-state index >= 15 is 0 Å². The van der Waals surface area contributed by atoms with Crippen molar-refractivity contribution in [3.63, 3.8) is 0 Å². The van der Waals surface area contributed by atoms with Gasteiger partial charge in [0.15, 0.2) is 0 Å². The second kappa shape index (κ2) is 8.06. The van der Waals surface area contributed by atoms with E-state index in [2.05, 4.69) is 43.3 Å². The van der Waals surface area contributed by atoms with Crippen LogP contribution in [0.15, 0.2) is 60.7 Å². The molecule has 0 unspecified atom stereocenters. The summed E-state index contributed by atoms with van der Waals surface area (Å²) in [6.45, 7) is 3.36. The Morgan fingerprint density at radius 2 is 1.89 bits per heavy atom. The molecule has 2 nitrogen and oxygen atoms in total. The Bertz CT molecular complexity index is 949. The SMILES string of the molecule is Cc1c(Cl)cccc1-c1cccc(COc2ccc3c(c2)OCCCC3)c1. The molecule has 0 saturated heterocycles. The molecule has 0 fully saturated rings. The van der Waals surface area contributed by atoms with Gasteiger partial charge in [-0.25, -0.2) is 0 Å². The minimum Gasteiger partial charge on any atom is -0.493 e. The van der Waals surface area contributed by atoms with Gasteiger partial charge in [0.1, 0.15) is 18.1 Å². The van der Waals surface area contributed by atoms with Crippen molar-refractivity contribution in [3.8, 4) is 22.6 Å². The standard InChI is InChI=1S/C24H23ClO2/c1-17-22(9-5-10-23(17)25)20-8-4-6-18(14-20)16-27-21-12-11-19-7-2-3-13-26-24(19)15-21/h4-6,8-12,14-15H,2-3,7,13,16H2,1H3. The molecular weight excluding hydrogens is 356 g/mol. The second-order valence-electron chi connectivity index (χ2n) is 6.98. The Hall–Kier alpha value is -2.45. The molecule has 0 amide bonds. The van der Waals surface area contributed by atoms with Crippen LogP contribution in [0.5, 0.6) is 11.5 Å². The number of fused-ring (bicyclic) bond motifs is 1. The fourth-order valence-electron chi connectivity index (χ4n) is 3.48. The van der Waals surface area contributed by atoms with Crippen molar-refractivity contribution >= 4 is 11.6 Å². The highest BCUT2D eigenvalue weighted by Gasteiger charge is 2.10. The van der Waals surface area contributed by atoms with Gasteiger partial charge in [0.05, 0.1) is 6.61 Å². The third-order valence-electron chi connectivity index (χ3n) is 5.05. The Morgan fingerprint density at radius 3 is 2.81 bits per heavy atom. The van der Waals surface area contributed by atoms with E-state index in [0.29, 0.717) is 6.61 Å². The zero-order valence-electron chi connectivity index (χ0n) is 15.5. The van der Waals surface area contributed by atoms with Crippen LogP contribution in [0.25, 0.3) is 11.1 Å². The largest absolute Gasteiger partial charge is 0.493 e. The lowest BCUT2D eigenvalue weighted by atomic mass is 9.99. The summed E-state index contributed by atoms with van der Waals surface area (Å²) < 4.78 is 11.9. The number of benzene rings is 3. The molecule has 0 aromatic heterocycles. The number of hydrogen-bond donors (Lipinski definition) is 0. The molecule has 0 bridgehead atoms. The highest BCUT2D eigenvalue weighted by atomic mass is 35.5. The Kier molecular flexibility index (Phi) is 5.35. The smallest absolute Gasteiger partial charge is 0.126 e. The molecule has 1 aliphatic heterocycles. The van der Waals surface area contributed by atoms with Crippen molar-refractivity contribution in [2.24, 2.45) is 0 Å². The number of halogens is 1. The van der Waals surface area contributed by atoms with Gasteiger partial charge in [0, 0.05) is 11.1 Å². The van der Waals surface area contributed by atoms with E-state index in [1.165, 1.54) is 12.0 Å². The van der Waals surface area contributed by atoms with Gasteiger partial charge < -0.3 is 9.47 Å². The normalized spacial score (nSPS) is 13.4. The Morgan fingerprint density at radius 1 is 1.00 bits per heavy atom. The van der Waals surface area contributed by atoms with Gasteiger partial charge in [-0.3, -0.25) is 0 Å². The summed E-state index contributed by atoms with van der Waals surface area (Å²) in [6.07, 6.45) is 3.38. The Labute approximate surface area is 165 Å². The van der Waals surface area contributed by atoms with Crippen molar-refractivity contribution in [1.29, 1.82) is 0 Å². The van der Waals surface area contributed by atoms with Crippen LogP contribution >= 0.6 is 11.6 Å². The van der Waals surface area contributed by atoms with Crippen molar-refractivity contribution in [1.82, 2.24) is 0 Å². The summed E-state index contributed by atoms with van der Waals surface area (Å²) in [5, 5.41) is 0.791. The fourth-order valence-corrected chi connectivity index (χ4v) is 3.66. The quantitative estimate of drug-likeness (QED) is 0.508. The lowest BCUT2D eigenvalue weighted by Gasteiger charge is -2.12. The zero-order chi connectivity index (χ0) is 18.6. The van der Waals surface area contributed by atoms with E-state index in [1.54, 1.807) is 0 Å². The second-order valence-corrected chi connectivity index (χ2v) is 7.38. The van der Waals surface area contributed by atoms with Gasteiger partial charge in [0.2, 0.25) is 0 Å². The zero-order valence-corrected chi connectivity index (χ0v) is 16.3. The molecule has 3 aromatic rings. The molecule has 4 rings (SSSR count). The molecule has 0 N–H and O–H groups in total. The molecule has 3 heteroatoms. The van der Waals surface area contributed by atoms with E-state index in [9.17, 15) is 0 Å². The van der Waals surface area contributed by atoms with Gasteiger partial charge in [-0.2, -0.15) is 0 Å². The lowest BCUT2D eigenvalue weighted by Crippen LogP contribution is -1.98. The van der Waals surface area contributed by atoms with Crippen LogP contribution in [0, 0.1) is 6.92 Å². The van der Waals surface area contributed by atoms with Crippen LogP contribution in [0.1, 0.15) is 29.5 Å². The number of rotatable bonds is 4. The molecule has 0 spiro atoms. The van der Waals surface area contributed by atoms with E-state index in [-0.39, 0.29) is 0 Å². The van der Waals surface area contributed by atoms with Crippen LogP contribution in [-0.2, 0) is 13.0 Å². The average Bonchev–Trinajstić information content (AvgIpc) is 2.93. The molecule has 0 saturated carbocycles. The van der Waals surface area contributed by atoms with Crippen LogP contribution < -0.4 is 9.47 Å². The lowest BCUT2D eigenvalue weighted by molar-refractivity contribution is 0.295. The topological polar surface area (TPSA) is 18.5 Å². The van der Waals surface area contributed by atoms with E-state index in [1.807, 2.05) is 24.3 Å². The summed E-state index contributed by atoms with van der Waals surface area (Å²) in [7, 11) is 0. The maximum atomic E-state index is 6.28. The maximum absolute atomic E-state index is 6.28. The van der Waals surface area contributed by atoms with Crippen LogP contribution in [0.4, 0.5) is 0 Å². The predicted octanol–water partition coefficient (Wildman–Crippen LogP) is 6.61. The summed E-state index contributed by atoms with van der Waals surface area (Å²) in [5.74, 6) is 1.81. The molecule has 0 atom stereocenters. The first-order valence-electron chi connectivity index (χ1n) is 9.44. The van der Waals surface area contributed by atoms with Gasteiger partial charge in [-0.1, -0.05) is 48.0 Å². The summed E-state index contributed by atoms with van der Waals surface area (Å²) in [4.78, 5) is 0. The number of ether oxygens (including phenoxy) is 2. The third-order valence-corrected chi connectivity index (χ3v) is 5.46. The van der Waals surface area contributed by atoms with E-state index in [0.717, 1.165) is 58.2 Å². The highest BCUT2D eigenvalue weighted by Crippen LogP contribution is 2.31. The van der Waals surface area contributed by atoms with Crippen LogP contribution in [-0.4, -0.2) is 6.61 Å².